The Bertz CT molecular complexity index is 992. The summed E-state index contributed by atoms with van der Waals surface area (Å²) in [6.45, 7) is 14.7. The first-order valence-electron chi connectivity index (χ1n) is 11.4. The fourth-order valence-corrected chi connectivity index (χ4v) is 3.72. The Morgan fingerprint density at radius 2 is 1.00 bits per heavy atom. The summed E-state index contributed by atoms with van der Waals surface area (Å²) in [4.78, 5) is 0.616. The number of benzene rings is 2. The topological polar surface area (TPSA) is 75.4 Å². The number of rotatable bonds is 4. The van der Waals surface area contributed by atoms with E-state index in [1.807, 2.05) is 38.1 Å². The maximum Gasteiger partial charge on any atom is 0.244 e. The molecular formula is C26H34N2O5. The molecule has 7 nitrogen and oxygen atoms in total. The summed E-state index contributed by atoms with van der Waals surface area (Å²) in [5, 5.41) is 16.8. The van der Waals surface area contributed by atoms with Gasteiger partial charge < -0.3 is 24.2 Å². The smallest absolute Gasteiger partial charge is 0.244 e. The largest absolute Gasteiger partial charge is 0.594 e. The van der Waals surface area contributed by atoms with E-state index in [0.29, 0.717) is 42.7 Å². The summed E-state index contributed by atoms with van der Waals surface area (Å²) in [6, 6.07) is 14.5. The molecule has 0 amide bonds. The molecule has 0 aromatic heterocycles. The highest BCUT2D eigenvalue weighted by atomic mass is 16.7. The van der Waals surface area contributed by atoms with Crippen LogP contribution < -0.4 is 0 Å². The lowest BCUT2D eigenvalue weighted by atomic mass is 9.93. The van der Waals surface area contributed by atoms with Gasteiger partial charge in [-0.1, -0.05) is 44.7 Å². The van der Waals surface area contributed by atoms with E-state index in [-0.39, 0.29) is 10.8 Å². The van der Waals surface area contributed by atoms with Gasteiger partial charge in [-0.3, -0.25) is 0 Å². The number of nitrogens with zero attached hydrogens (tertiary/aromatic N) is 2. The summed E-state index contributed by atoms with van der Waals surface area (Å²) >= 11 is 0. The molecule has 0 spiro atoms. The van der Waals surface area contributed by atoms with Crippen LogP contribution in [0.4, 0.5) is 11.4 Å². The quantitative estimate of drug-likeness (QED) is 0.317. The van der Waals surface area contributed by atoms with Crippen molar-refractivity contribution in [3.63, 3.8) is 0 Å². The zero-order chi connectivity index (χ0) is 23.9. The lowest BCUT2D eigenvalue weighted by Crippen LogP contribution is -2.43. The summed E-state index contributed by atoms with van der Waals surface area (Å²) in [5.41, 5.74) is 2.71. The van der Waals surface area contributed by atoms with Crippen molar-refractivity contribution in [1.82, 2.24) is 0 Å². The molecule has 2 heterocycles. The van der Waals surface area contributed by atoms with Crippen LogP contribution in [0.25, 0.3) is 0 Å². The van der Waals surface area contributed by atoms with Crippen LogP contribution in [0.3, 0.4) is 0 Å². The van der Waals surface area contributed by atoms with E-state index in [9.17, 15) is 5.21 Å². The van der Waals surface area contributed by atoms with Crippen molar-refractivity contribution in [2.75, 3.05) is 26.4 Å². The molecule has 0 radical (unpaired) electrons. The van der Waals surface area contributed by atoms with Crippen molar-refractivity contribution >= 4 is 11.4 Å². The first kappa shape index (κ1) is 23.8. The van der Waals surface area contributed by atoms with E-state index in [1.54, 1.807) is 24.3 Å². The molecule has 2 aromatic carbocycles. The van der Waals surface area contributed by atoms with Crippen molar-refractivity contribution in [3.8, 4) is 0 Å². The SMILES string of the molecule is CC1(C)COC(C)(c2ccc(N=[N+]([O-])c3ccc(C4(C)OCC(C)(C)CO4)cc3)cc2)OC1. The van der Waals surface area contributed by atoms with Crippen LogP contribution in [0.5, 0.6) is 0 Å². The predicted octanol–water partition coefficient (Wildman–Crippen LogP) is 6.10. The van der Waals surface area contributed by atoms with Gasteiger partial charge in [-0.15, -0.1) is 0 Å². The molecule has 2 aliphatic heterocycles. The first-order chi connectivity index (χ1) is 15.4. The minimum Gasteiger partial charge on any atom is -0.594 e. The Hall–Kier alpha value is -2.32. The molecule has 7 heteroatoms. The summed E-state index contributed by atoms with van der Waals surface area (Å²) in [7, 11) is 0. The molecule has 2 fully saturated rings. The molecule has 0 saturated carbocycles. The van der Waals surface area contributed by atoms with Gasteiger partial charge >= 0.3 is 0 Å². The van der Waals surface area contributed by atoms with Crippen molar-refractivity contribution in [3.05, 3.63) is 64.9 Å². The molecule has 4 rings (SSSR count). The molecule has 0 aliphatic carbocycles. The molecule has 2 aromatic rings. The van der Waals surface area contributed by atoms with Crippen LogP contribution in [-0.2, 0) is 30.5 Å². The fourth-order valence-electron chi connectivity index (χ4n) is 3.72. The Balaban J connectivity index is 1.44. The van der Waals surface area contributed by atoms with Gasteiger partial charge in [-0.2, -0.15) is 0 Å². The summed E-state index contributed by atoms with van der Waals surface area (Å²) < 4.78 is 24.0. The zero-order valence-corrected chi connectivity index (χ0v) is 20.4. The molecule has 178 valence electrons. The van der Waals surface area contributed by atoms with Gasteiger partial charge in [0.25, 0.3) is 0 Å². The zero-order valence-electron chi connectivity index (χ0n) is 20.4. The van der Waals surface area contributed by atoms with E-state index in [2.05, 4.69) is 32.8 Å². The van der Waals surface area contributed by atoms with E-state index < -0.39 is 11.6 Å². The molecule has 0 N–H and O–H groups in total. The third-order valence-corrected chi connectivity index (χ3v) is 6.16. The van der Waals surface area contributed by atoms with E-state index in [0.717, 1.165) is 11.1 Å². The third kappa shape index (κ3) is 5.27. The Morgan fingerprint density at radius 1 is 0.636 bits per heavy atom. The number of azo groups is 1. The van der Waals surface area contributed by atoms with E-state index >= 15 is 0 Å². The van der Waals surface area contributed by atoms with Crippen LogP contribution in [-0.4, -0.2) is 31.3 Å². The predicted molar refractivity (Wildman–Crippen MR) is 124 cm³/mol. The molecule has 0 atom stereocenters. The number of hydrogen-bond donors (Lipinski definition) is 0. The van der Waals surface area contributed by atoms with Crippen LogP contribution in [0.15, 0.2) is 53.6 Å². The highest BCUT2D eigenvalue weighted by molar-refractivity contribution is 5.40. The molecule has 0 unspecified atom stereocenters. The fraction of sp³-hybridized carbons (Fsp3) is 0.538. The van der Waals surface area contributed by atoms with Gasteiger partial charge in [0.05, 0.1) is 26.4 Å². The average Bonchev–Trinajstić information content (AvgIpc) is 2.79. The monoisotopic (exact) mass is 454 g/mol. The minimum atomic E-state index is -0.816. The van der Waals surface area contributed by atoms with Gasteiger partial charge in [0.1, 0.15) is 5.69 Å². The summed E-state index contributed by atoms with van der Waals surface area (Å²) in [5.74, 6) is -1.61. The molecule has 0 bridgehead atoms. The lowest BCUT2D eigenvalue weighted by molar-refractivity contribution is -0.435. The van der Waals surface area contributed by atoms with Crippen molar-refractivity contribution in [1.29, 1.82) is 0 Å². The maximum absolute atomic E-state index is 12.6. The lowest BCUT2D eigenvalue weighted by Gasteiger charge is -2.41. The van der Waals surface area contributed by atoms with Gasteiger partial charge in [-0.25, -0.2) is 0 Å². The van der Waals surface area contributed by atoms with Crippen LogP contribution >= 0.6 is 0 Å². The molecule has 2 aliphatic rings. The van der Waals surface area contributed by atoms with Crippen LogP contribution in [0.1, 0.15) is 52.7 Å². The van der Waals surface area contributed by atoms with Crippen molar-refractivity contribution in [2.45, 2.75) is 53.1 Å². The highest BCUT2D eigenvalue weighted by Gasteiger charge is 2.39. The van der Waals surface area contributed by atoms with Gasteiger partial charge in [-0.05, 0) is 38.1 Å². The van der Waals surface area contributed by atoms with Crippen molar-refractivity contribution in [2.24, 2.45) is 15.9 Å². The number of ether oxygens (including phenoxy) is 4. The van der Waals surface area contributed by atoms with Gasteiger partial charge in [0.15, 0.2) is 11.6 Å². The second-order valence-electron chi connectivity index (χ2n) is 10.8. The Kier molecular flexibility index (Phi) is 6.12. The van der Waals surface area contributed by atoms with E-state index in [1.165, 1.54) is 0 Å². The van der Waals surface area contributed by atoms with Crippen molar-refractivity contribution < 1.29 is 23.8 Å². The first-order valence-corrected chi connectivity index (χ1v) is 11.4. The second-order valence-corrected chi connectivity index (χ2v) is 10.8. The third-order valence-electron chi connectivity index (χ3n) is 6.16. The van der Waals surface area contributed by atoms with Crippen LogP contribution in [0.2, 0.25) is 0 Å². The minimum absolute atomic E-state index is 0.00334. The molecule has 33 heavy (non-hydrogen) atoms. The average molecular weight is 455 g/mol. The highest BCUT2D eigenvalue weighted by Crippen LogP contribution is 2.38. The molecular weight excluding hydrogens is 420 g/mol. The van der Waals surface area contributed by atoms with Gasteiger partial charge in [0, 0.05) is 39.2 Å². The second kappa shape index (κ2) is 8.47. The number of hydrogen-bond acceptors (Lipinski definition) is 6. The van der Waals surface area contributed by atoms with E-state index in [4.69, 9.17) is 18.9 Å². The van der Waals surface area contributed by atoms with Gasteiger partial charge in [0.2, 0.25) is 5.69 Å². The normalized spacial score (nSPS) is 23.8. The van der Waals surface area contributed by atoms with Crippen LogP contribution in [0, 0.1) is 16.0 Å². The standard InChI is InChI=1S/C26H34N2O5/c1-23(2)15-30-25(5,31-16-23)19-7-11-21(12-8-19)27-28(29)22-13-9-20(10-14-22)26(6)32-17-24(3,4)18-33-26/h7-14H,15-18H2,1-6H3. The Labute approximate surface area is 195 Å². The maximum atomic E-state index is 12.6. The summed E-state index contributed by atoms with van der Waals surface area (Å²) in [6.07, 6.45) is 0. The Morgan fingerprint density at radius 3 is 1.39 bits per heavy atom. The molecule has 2 saturated heterocycles.